The lowest BCUT2D eigenvalue weighted by Crippen LogP contribution is -2.45. The number of benzene rings is 2. The zero-order chi connectivity index (χ0) is 19.4. The first-order valence-electron chi connectivity index (χ1n) is 8.02. The van der Waals surface area contributed by atoms with E-state index in [9.17, 15) is 4.79 Å². The molecule has 2 aromatic carbocycles. The molecule has 0 saturated carbocycles. The quantitative estimate of drug-likeness (QED) is 0.617. The van der Waals surface area contributed by atoms with Gasteiger partial charge in [0, 0.05) is 10.0 Å². The summed E-state index contributed by atoms with van der Waals surface area (Å²) in [6, 6.07) is 13.9. The van der Waals surface area contributed by atoms with E-state index in [4.69, 9.17) is 36.5 Å². The molecule has 2 aromatic rings. The maximum absolute atomic E-state index is 12.5. The topological polar surface area (TPSA) is 76.3 Å². The van der Waals surface area contributed by atoms with Gasteiger partial charge in [0.15, 0.2) is 5.60 Å². The van der Waals surface area contributed by atoms with E-state index >= 15 is 0 Å². The molecule has 0 bridgehead atoms. The largest absolute Gasteiger partial charge is 0.617 e. The summed E-state index contributed by atoms with van der Waals surface area (Å²) in [5.74, 6) is 0.762. The average molecular weight is 428 g/mol. The van der Waals surface area contributed by atoms with Gasteiger partial charge < -0.3 is 18.7 Å². The Morgan fingerprint density at radius 3 is 1.67 bits per heavy atom. The summed E-state index contributed by atoms with van der Waals surface area (Å²) >= 11 is 10.9. The molecule has 0 aliphatic rings. The number of halogens is 2. The van der Waals surface area contributed by atoms with Crippen molar-refractivity contribution in [3.63, 3.8) is 0 Å². The Morgan fingerprint density at radius 2 is 1.22 bits per heavy atom. The normalized spacial score (nSPS) is 11.2. The third-order valence-corrected chi connectivity index (χ3v) is 4.84. The minimum absolute atomic E-state index is 0. The van der Waals surface area contributed by atoms with Crippen molar-refractivity contribution in [2.24, 2.45) is 0 Å². The van der Waals surface area contributed by atoms with Crippen LogP contribution in [0.2, 0.25) is 10.0 Å². The maximum atomic E-state index is 12.5. The van der Waals surface area contributed by atoms with Crippen LogP contribution in [0.4, 0.5) is 0 Å². The molecule has 0 unspecified atom stereocenters. The summed E-state index contributed by atoms with van der Waals surface area (Å²) in [5.41, 5.74) is -1.13. The van der Waals surface area contributed by atoms with E-state index in [1.807, 2.05) is 13.8 Å². The molecule has 0 heterocycles. The van der Waals surface area contributed by atoms with Crippen LogP contribution in [0.3, 0.4) is 0 Å². The Kier molecular flexibility index (Phi) is 8.47. The minimum atomic E-state index is -1.13. The smallest absolute Gasteiger partial charge is 0.578 e. The van der Waals surface area contributed by atoms with Gasteiger partial charge >= 0.3 is 21.5 Å². The first-order valence-corrected chi connectivity index (χ1v) is 9.82. The monoisotopic (exact) mass is 427 g/mol. The van der Waals surface area contributed by atoms with Gasteiger partial charge in [-0.15, -0.1) is 0 Å². The van der Waals surface area contributed by atoms with Crippen molar-refractivity contribution in [1.29, 1.82) is 0 Å². The first-order chi connectivity index (χ1) is 12.1. The molecule has 0 aromatic heterocycles. The molecule has 145 valence electrons. The van der Waals surface area contributed by atoms with Gasteiger partial charge in [-0.25, -0.2) is 0 Å². The van der Waals surface area contributed by atoms with Crippen molar-refractivity contribution in [3.05, 3.63) is 58.6 Å². The molecule has 2 N–H and O–H groups in total. The molecule has 0 aliphatic heterocycles. The van der Waals surface area contributed by atoms with Gasteiger partial charge in [0.2, 0.25) is 0 Å². The summed E-state index contributed by atoms with van der Waals surface area (Å²) in [7, 11) is 0. The van der Waals surface area contributed by atoms with Crippen LogP contribution in [0.5, 0.6) is 11.5 Å². The van der Waals surface area contributed by atoms with E-state index in [0.717, 1.165) is 0 Å². The molecule has 0 atom stereocenters. The van der Waals surface area contributed by atoms with Crippen molar-refractivity contribution in [3.8, 4) is 11.5 Å². The van der Waals surface area contributed by atoms with E-state index < -0.39 is 31.6 Å². The summed E-state index contributed by atoms with van der Waals surface area (Å²) in [4.78, 5) is 12.5. The van der Waals surface area contributed by atoms with Crippen molar-refractivity contribution in [2.75, 3.05) is 0 Å². The van der Waals surface area contributed by atoms with E-state index in [2.05, 4.69) is 0 Å². The fraction of sp³-hybridized carbons (Fsp3) is 0.316. The average Bonchev–Trinajstić information content (AvgIpc) is 2.56. The molecular formula is C19H22AlCl2O5. The van der Waals surface area contributed by atoms with Crippen molar-refractivity contribution in [2.45, 2.75) is 37.8 Å². The van der Waals surface area contributed by atoms with E-state index in [-0.39, 0.29) is 5.48 Å². The Labute approximate surface area is 175 Å². The number of hydrogen-bond donors (Lipinski definition) is 0. The van der Waals surface area contributed by atoms with Crippen LogP contribution in [-0.4, -0.2) is 37.1 Å². The Morgan fingerprint density at radius 1 is 0.815 bits per heavy atom. The second kappa shape index (κ2) is 9.68. The molecule has 27 heavy (non-hydrogen) atoms. The third-order valence-electron chi connectivity index (χ3n) is 3.32. The second-order valence-corrected chi connectivity index (χ2v) is 9.48. The van der Waals surface area contributed by atoms with Gasteiger partial charge in [0.1, 0.15) is 11.5 Å². The second-order valence-electron chi connectivity index (χ2n) is 6.75. The van der Waals surface area contributed by atoms with E-state index in [1.54, 1.807) is 62.4 Å². The first kappa shape index (κ1) is 23.6. The predicted molar refractivity (Wildman–Crippen MR) is 108 cm³/mol. The van der Waals surface area contributed by atoms with Gasteiger partial charge in [-0.2, -0.15) is 0 Å². The molecule has 0 aliphatic carbocycles. The lowest BCUT2D eigenvalue weighted by atomic mass is 10.1. The fourth-order valence-electron chi connectivity index (χ4n) is 2.01. The minimum Gasteiger partial charge on any atom is -0.617 e. The van der Waals surface area contributed by atoms with Crippen molar-refractivity contribution in [1.82, 2.24) is 0 Å². The highest BCUT2D eigenvalue weighted by atomic mass is 35.5. The van der Waals surface area contributed by atoms with Gasteiger partial charge in [0.05, 0.1) is 4.46 Å². The van der Waals surface area contributed by atoms with Crippen molar-refractivity contribution >= 4 is 44.7 Å². The van der Waals surface area contributed by atoms with Gasteiger partial charge in [-0.05, 0) is 76.2 Å². The lowest BCUT2D eigenvalue weighted by molar-refractivity contribution is -0.149. The number of hydrogen-bond acceptors (Lipinski definition) is 4. The van der Waals surface area contributed by atoms with E-state index in [1.165, 1.54) is 0 Å². The van der Waals surface area contributed by atoms with Crippen LogP contribution >= 0.6 is 23.2 Å². The predicted octanol–water partition coefficient (Wildman–Crippen LogP) is 4.30. The Hall–Kier alpha value is -1.42. The zero-order valence-electron chi connectivity index (χ0n) is 15.6. The van der Waals surface area contributed by atoms with Crippen molar-refractivity contribution < 1.29 is 23.5 Å². The standard InChI is InChI=1S/C10H11ClO3.C9H10ClO.Al.H2O/c1-10(2,9(12)13)14-8-5-3-7(11)4-6-8;1-7(2)11-9-5-3-8(10)4-6-9;;/h3-6H,1-2H3,(H,12,13);3-6H,1-2H3;;1H2/q;;+1;/p-1. The number of carbonyl (C=O) groups is 1. The highest BCUT2D eigenvalue weighted by Crippen LogP contribution is 2.23. The molecule has 8 heteroatoms. The van der Waals surface area contributed by atoms with Gasteiger partial charge in [-0.1, -0.05) is 23.2 Å². The molecule has 0 spiro atoms. The lowest BCUT2D eigenvalue weighted by Gasteiger charge is -2.29. The Bertz CT molecular complexity index is 746. The molecule has 2 rings (SSSR count). The number of rotatable bonds is 7. The highest BCUT2D eigenvalue weighted by molar-refractivity contribution is 6.35. The summed E-state index contributed by atoms with van der Waals surface area (Å²) < 4.78 is 16.5. The Balaban J connectivity index is 0.00000364. The highest BCUT2D eigenvalue weighted by Gasteiger charge is 2.35. The summed E-state index contributed by atoms with van der Waals surface area (Å²) in [5, 5.41) is 1.23. The molecule has 5 nitrogen and oxygen atoms in total. The summed E-state index contributed by atoms with van der Waals surface area (Å²) in [6.07, 6.45) is 0. The fourth-order valence-corrected chi connectivity index (χ4v) is 3.12. The molecule has 0 fully saturated rings. The van der Waals surface area contributed by atoms with Crippen LogP contribution < -0.4 is 9.47 Å². The van der Waals surface area contributed by atoms with Gasteiger partial charge in [-0.3, -0.25) is 4.79 Å². The summed E-state index contributed by atoms with van der Waals surface area (Å²) in [6.45, 7) is 7.07. The molecule has 1 radical (unpaired) electrons. The molecule has 0 amide bonds. The van der Waals surface area contributed by atoms with Crippen LogP contribution in [0.25, 0.3) is 0 Å². The number of carbonyl (C=O) groups excluding carboxylic acids is 1. The third kappa shape index (κ3) is 7.61. The van der Waals surface area contributed by atoms with Crippen LogP contribution in [0.1, 0.15) is 27.7 Å². The van der Waals surface area contributed by atoms with Crippen LogP contribution in [-0.2, 0) is 8.58 Å². The maximum Gasteiger partial charge on any atom is 0.578 e. The SMILES string of the molecule is C[C](C)(Oc1ccc(Cl)cc1)[Al][O]C(=O)C(C)(C)Oc1ccc(Cl)cc1.O. The van der Waals surface area contributed by atoms with Crippen LogP contribution in [0.15, 0.2) is 48.5 Å². The van der Waals surface area contributed by atoms with E-state index in [0.29, 0.717) is 21.5 Å². The molecular weight excluding hydrogens is 406 g/mol. The van der Waals surface area contributed by atoms with Gasteiger partial charge in [0.25, 0.3) is 0 Å². The number of ether oxygens (including phenoxy) is 2. The molecule has 0 saturated heterocycles. The van der Waals surface area contributed by atoms with Crippen LogP contribution in [0, 0.1) is 0 Å². The zero-order valence-corrected chi connectivity index (χ0v) is 18.3.